The second-order valence-corrected chi connectivity index (χ2v) is 12.2. The molecule has 206 valence electrons. The SMILES string of the molecule is CCCN1CC2=C(C(=O)NC2c2cc(S(=O)(=O)N3CCN(C[C@H](C)CF)CC3)ccc2OCC)N(C)C1. The van der Waals surface area contributed by atoms with Crippen LogP contribution in [0.1, 0.15) is 38.8 Å². The van der Waals surface area contributed by atoms with Crippen molar-refractivity contribution in [1.82, 2.24) is 24.3 Å². The van der Waals surface area contributed by atoms with E-state index in [9.17, 15) is 17.6 Å². The Morgan fingerprint density at radius 2 is 1.89 bits per heavy atom. The number of nitrogens with zero attached hydrogens (tertiary/aromatic N) is 4. The number of hydrogen-bond donors (Lipinski definition) is 1. The molecule has 3 heterocycles. The zero-order chi connectivity index (χ0) is 26.7. The zero-order valence-corrected chi connectivity index (χ0v) is 23.2. The summed E-state index contributed by atoms with van der Waals surface area (Å²) in [6.45, 7) is 10.6. The van der Waals surface area contributed by atoms with E-state index in [1.165, 1.54) is 4.31 Å². The van der Waals surface area contributed by atoms with Gasteiger partial charge < -0.3 is 19.9 Å². The minimum absolute atomic E-state index is 0.0651. The van der Waals surface area contributed by atoms with Crippen molar-refractivity contribution in [3.63, 3.8) is 0 Å². The molecule has 2 atom stereocenters. The average Bonchev–Trinajstić information content (AvgIpc) is 3.21. The Labute approximate surface area is 220 Å². The second-order valence-electron chi connectivity index (χ2n) is 10.3. The molecule has 1 N–H and O–H groups in total. The predicted molar refractivity (Wildman–Crippen MR) is 140 cm³/mol. The smallest absolute Gasteiger partial charge is 0.268 e. The van der Waals surface area contributed by atoms with Gasteiger partial charge in [-0.05, 0) is 49.6 Å². The molecular weight excluding hydrogens is 497 g/mol. The number of carbonyl (C=O) groups is 1. The zero-order valence-electron chi connectivity index (χ0n) is 22.4. The highest BCUT2D eigenvalue weighted by molar-refractivity contribution is 7.89. The number of hydrogen-bond acceptors (Lipinski definition) is 7. The van der Waals surface area contributed by atoms with Gasteiger partial charge in [-0.15, -0.1) is 0 Å². The quantitative estimate of drug-likeness (QED) is 0.489. The standard InChI is InChI=1S/C26H40FN5O4S/c1-5-9-31-17-22-24(28-26(33)25(22)29(4)18-31)21-14-20(7-8-23(21)36-6-2)37(34,35)32-12-10-30(11-13-32)16-19(3)15-27/h7-8,14,19,24H,5-6,9-13,15-18H2,1-4H3,(H,28,33)/t19-,24?/m1/s1. The highest BCUT2D eigenvalue weighted by atomic mass is 32.2. The lowest BCUT2D eigenvalue weighted by molar-refractivity contribution is -0.118. The third-order valence-electron chi connectivity index (χ3n) is 7.27. The Kier molecular flexibility index (Phi) is 8.77. The average molecular weight is 538 g/mol. The van der Waals surface area contributed by atoms with Gasteiger partial charge in [-0.25, -0.2) is 8.42 Å². The number of halogens is 1. The first-order chi connectivity index (χ1) is 17.7. The van der Waals surface area contributed by atoms with Crippen LogP contribution in [0.4, 0.5) is 4.39 Å². The molecule has 1 aromatic rings. The Morgan fingerprint density at radius 3 is 2.54 bits per heavy atom. The molecule has 3 aliphatic rings. The third kappa shape index (κ3) is 5.79. The predicted octanol–water partition coefficient (Wildman–Crippen LogP) is 2.04. The highest BCUT2D eigenvalue weighted by Gasteiger charge is 2.40. The molecule has 1 unspecified atom stereocenters. The first-order valence-corrected chi connectivity index (χ1v) is 14.7. The molecule has 1 saturated heterocycles. The van der Waals surface area contributed by atoms with Crippen LogP contribution in [-0.4, -0.2) is 106 Å². The lowest BCUT2D eigenvalue weighted by atomic mass is 9.97. The van der Waals surface area contributed by atoms with Gasteiger partial charge in [0.25, 0.3) is 5.91 Å². The molecule has 9 nitrogen and oxygen atoms in total. The van der Waals surface area contributed by atoms with E-state index < -0.39 is 16.1 Å². The van der Waals surface area contributed by atoms with E-state index in [1.54, 1.807) is 18.2 Å². The Hall–Kier alpha value is -2.21. The number of piperazine rings is 1. The number of carbonyl (C=O) groups excluding carboxylic acids is 1. The molecule has 11 heteroatoms. The molecule has 1 aromatic carbocycles. The van der Waals surface area contributed by atoms with E-state index >= 15 is 0 Å². The molecule has 0 spiro atoms. The second kappa shape index (κ2) is 11.7. The maximum atomic E-state index is 13.6. The summed E-state index contributed by atoms with van der Waals surface area (Å²) >= 11 is 0. The van der Waals surface area contributed by atoms with Crippen LogP contribution in [-0.2, 0) is 14.8 Å². The number of rotatable bonds is 10. The largest absolute Gasteiger partial charge is 0.494 e. The maximum absolute atomic E-state index is 13.6. The van der Waals surface area contributed by atoms with E-state index in [0.29, 0.717) is 69.6 Å². The molecule has 37 heavy (non-hydrogen) atoms. The van der Waals surface area contributed by atoms with Crippen LogP contribution < -0.4 is 10.1 Å². The van der Waals surface area contributed by atoms with Gasteiger partial charge in [0.1, 0.15) is 11.4 Å². The monoisotopic (exact) mass is 537 g/mol. The van der Waals surface area contributed by atoms with Crippen molar-refractivity contribution in [2.45, 2.75) is 38.1 Å². The van der Waals surface area contributed by atoms with Crippen LogP contribution in [0.25, 0.3) is 0 Å². The van der Waals surface area contributed by atoms with Gasteiger partial charge >= 0.3 is 0 Å². The van der Waals surface area contributed by atoms with E-state index in [2.05, 4.69) is 22.0 Å². The third-order valence-corrected chi connectivity index (χ3v) is 9.16. The fraction of sp³-hybridized carbons (Fsp3) is 0.654. The summed E-state index contributed by atoms with van der Waals surface area (Å²) < 4.78 is 47.6. The summed E-state index contributed by atoms with van der Waals surface area (Å²) in [5.74, 6) is 0.360. The molecule has 3 aliphatic heterocycles. The summed E-state index contributed by atoms with van der Waals surface area (Å²) in [6.07, 6.45) is 1.00. The van der Waals surface area contributed by atoms with E-state index in [1.807, 2.05) is 25.8 Å². The van der Waals surface area contributed by atoms with E-state index in [0.717, 1.165) is 18.5 Å². The molecule has 0 radical (unpaired) electrons. The first kappa shape index (κ1) is 27.8. The van der Waals surface area contributed by atoms with Gasteiger partial charge in [0.2, 0.25) is 10.0 Å². The number of benzene rings is 1. The van der Waals surface area contributed by atoms with E-state index in [-0.39, 0.29) is 23.4 Å². The first-order valence-electron chi connectivity index (χ1n) is 13.2. The van der Waals surface area contributed by atoms with Crippen LogP contribution in [0.15, 0.2) is 34.4 Å². The van der Waals surface area contributed by atoms with Crippen molar-refractivity contribution in [3.8, 4) is 5.75 Å². The number of alkyl halides is 1. The van der Waals surface area contributed by atoms with Gasteiger partial charge in [0.05, 0.1) is 30.9 Å². The molecule has 0 aliphatic carbocycles. The molecule has 4 rings (SSSR count). The van der Waals surface area contributed by atoms with Crippen LogP contribution in [0, 0.1) is 5.92 Å². The Balaban J connectivity index is 1.62. The van der Waals surface area contributed by atoms with Gasteiger partial charge in [-0.1, -0.05) is 13.8 Å². The summed E-state index contributed by atoms with van der Waals surface area (Å²) in [7, 11) is -1.83. The molecule has 0 aromatic heterocycles. The van der Waals surface area contributed by atoms with Gasteiger partial charge in [0, 0.05) is 51.9 Å². The minimum Gasteiger partial charge on any atom is -0.494 e. The normalized spacial score (nSPS) is 22.8. The van der Waals surface area contributed by atoms with Gasteiger partial charge in [-0.2, -0.15) is 4.31 Å². The van der Waals surface area contributed by atoms with Crippen molar-refractivity contribution in [2.75, 3.05) is 72.8 Å². The van der Waals surface area contributed by atoms with Gasteiger partial charge in [-0.3, -0.25) is 14.1 Å². The molecule has 0 bridgehead atoms. The van der Waals surface area contributed by atoms with Crippen molar-refractivity contribution < 1.29 is 22.3 Å². The molecule has 0 saturated carbocycles. The summed E-state index contributed by atoms with van der Waals surface area (Å²) in [5.41, 5.74) is 2.26. The summed E-state index contributed by atoms with van der Waals surface area (Å²) in [4.78, 5) is 19.5. The number of likely N-dealkylation sites (N-methyl/N-ethyl adjacent to an activating group) is 1. The van der Waals surface area contributed by atoms with Crippen LogP contribution in [0.2, 0.25) is 0 Å². The topological polar surface area (TPSA) is 85.4 Å². The van der Waals surface area contributed by atoms with Crippen LogP contribution in [0.3, 0.4) is 0 Å². The van der Waals surface area contributed by atoms with E-state index in [4.69, 9.17) is 4.74 Å². The molecule has 1 fully saturated rings. The molecular formula is C26H40FN5O4S. The fourth-order valence-electron chi connectivity index (χ4n) is 5.54. The Morgan fingerprint density at radius 1 is 1.16 bits per heavy atom. The van der Waals surface area contributed by atoms with Crippen molar-refractivity contribution in [1.29, 1.82) is 0 Å². The maximum Gasteiger partial charge on any atom is 0.268 e. The van der Waals surface area contributed by atoms with Crippen molar-refractivity contribution >= 4 is 15.9 Å². The number of ether oxygens (including phenoxy) is 1. The summed E-state index contributed by atoms with van der Waals surface area (Å²) in [5, 5.41) is 3.08. The minimum atomic E-state index is -3.75. The lowest BCUT2D eigenvalue weighted by Gasteiger charge is -2.36. The number of amides is 1. The highest BCUT2D eigenvalue weighted by Crippen LogP contribution is 2.39. The lowest BCUT2D eigenvalue weighted by Crippen LogP contribution is -2.49. The van der Waals surface area contributed by atoms with Gasteiger partial charge in [0.15, 0.2) is 0 Å². The molecule has 1 amide bonds. The number of sulfonamides is 1. The van der Waals surface area contributed by atoms with Crippen molar-refractivity contribution in [3.05, 3.63) is 35.0 Å². The fourth-order valence-corrected chi connectivity index (χ4v) is 7.00. The number of nitrogens with one attached hydrogen (secondary N) is 1. The van der Waals surface area contributed by atoms with Crippen LogP contribution >= 0.6 is 0 Å². The van der Waals surface area contributed by atoms with Crippen molar-refractivity contribution in [2.24, 2.45) is 5.92 Å². The van der Waals surface area contributed by atoms with Crippen LogP contribution in [0.5, 0.6) is 5.75 Å². The summed E-state index contributed by atoms with van der Waals surface area (Å²) in [6, 6.07) is 4.49. The Bertz CT molecular complexity index is 1120.